The normalized spacial score (nSPS) is 11.0. The summed E-state index contributed by atoms with van der Waals surface area (Å²) in [6.45, 7) is 8.66. The van der Waals surface area contributed by atoms with Crippen LogP contribution in [0.1, 0.15) is 40.5 Å². The number of esters is 1. The van der Waals surface area contributed by atoms with E-state index in [-0.39, 0.29) is 11.6 Å². The zero-order valence-electron chi connectivity index (χ0n) is 13.2. The summed E-state index contributed by atoms with van der Waals surface area (Å²) in [6, 6.07) is 3.54. The van der Waals surface area contributed by atoms with Gasteiger partial charge in [0.25, 0.3) is 0 Å². The van der Waals surface area contributed by atoms with Crippen LogP contribution in [-0.4, -0.2) is 29.7 Å². The average molecular weight is 295 g/mol. The highest BCUT2D eigenvalue weighted by atomic mass is 16.5. The second-order valence-electron chi connectivity index (χ2n) is 5.64. The molecule has 0 atom stereocenters. The number of nitrogens with one attached hydrogen (secondary N) is 1. The summed E-state index contributed by atoms with van der Waals surface area (Å²) in [5.74, 6) is 0.909. The first-order valence-corrected chi connectivity index (χ1v) is 7.17. The Morgan fingerprint density at radius 3 is 2.71 bits per heavy atom. The molecular weight excluding hydrogens is 270 g/mol. The molecule has 3 N–H and O–H groups in total. The van der Waals surface area contributed by atoms with Crippen LogP contribution in [0.15, 0.2) is 12.1 Å². The van der Waals surface area contributed by atoms with Gasteiger partial charge in [0.2, 0.25) is 5.88 Å². The Bertz CT molecular complexity index is 470. The second-order valence-corrected chi connectivity index (χ2v) is 5.64. The van der Waals surface area contributed by atoms with Gasteiger partial charge in [0.15, 0.2) is 0 Å². The SMILES string of the molecule is CCOC(=O)CCCNc1ccc(N)c(OC(C)(C)C)n1. The predicted octanol–water partition coefficient (Wildman–Crippen LogP) is 2.60. The minimum Gasteiger partial charge on any atom is -0.470 e. The highest BCUT2D eigenvalue weighted by Crippen LogP contribution is 2.24. The molecule has 0 aromatic carbocycles. The van der Waals surface area contributed by atoms with Crippen molar-refractivity contribution in [2.75, 3.05) is 24.2 Å². The van der Waals surface area contributed by atoms with Crippen LogP contribution in [0.5, 0.6) is 5.88 Å². The van der Waals surface area contributed by atoms with E-state index in [4.69, 9.17) is 15.2 Å². The first-order chi connectivity index (χ1) is 9.81. The number of hydrogen-bond donors (Lipinski definition) is 2. The molecule has 0 spiro atoms. The molecule has 1 rings (SSSR count). The Balaban J connectivity index is 2.49. The number of hydrogen-bond acceptors (Lipinski definition) is 6. The monoisotopic (exact) mass is 295 g/mol. The van der Waals surface area contributed by atoms with Crippen molar-refractivity contribution in [3.05, 3.63) is 12.1 Å². The van der Waals surface area contributed by atoms with E-state index in [1.807, 2.05) is 20.8 Å². The number of aromatic nitrogens is 1. The number of nitrogens with two attached hydrogens (primary N) is 1. The van der Waals surface area contributed by atoms with Crippen LogP contribution < -0.4 is 15.8 Å². The Morgan fingerprint density at radius 1 is 1.38 bits per heavy atom. The molecule has 0 unspecified atom stereocenters. The second kappa shape index (κ2) is 7.71. The van der Waals surface area contributed by atoms with E-state index in [1.165, 1.54) is 0 Å². The predicted molar refractivity (Wildman–Crippen MR) is 83.4 cm³/mol. The number of carbonyl (C=O) groups is 1. The fourth-order valence-corrected chi connectivity index (χ4v) is 1.60. The van der Waals surface area contributed by atoms with Crippen molar-refractivity contribution in [3.63, 3.8) is 0 Å². The number of nitrogen functional groups attached to an aromatic ring is 1. The molecule has 0 aliphatic carbocycles. The van der Waals surface area contributed by atoms with E-state index < -0.39 is 0 Å². The lowest BCUT2D eigenvalue weighted by atomic mass is 10.2. The average Bonchev–Trinajstić information content (AvgIpc) is 2.37. The summed E-state index contributed by atoms with van der Waals surface area (Å²) < 4.78 is 10.6. The van der Waals surface area contributed by atoms with Gasteiger partial charge >= 0.3 is 5.97 Å². The van der Waals surface area contributed by atoms with Crippen LogP contribution in [0.4, 0.5) is 11.5 Å². The molecule has 0 bridgehead atoms. The summed E-state index contributed by atoms with van der Waals surface area (Å²) in [5, 5.41) is 3.14. The molecule has 1 aromatic heterocycles. The lowest BCUT2D eigenvalue weighted by molar-refractivity contribution is -0.143. The van der Waals surface area contributed by atoms with Crippen LogP contribution >= 0.6 is 0 Å². The Labute approximate surface area is 126 Å². The van der Waals surface area contributed by atoms with Gasteiger partial charge in [-0.05, 0) is 46.2 Å². The molecule has 1 aromatic rings. The van der Waals surface area contributed by atoms with Gasteiger partial charge in [-0.1, -0.05) is 0 Å². The van der Waals surface area contributed by atoms with E-state index in [1.54, 1.807) is 19.1 Å². The number of carbonyl (C=O) groups excluding carboxylic acids is 1. The molecule has 6 nitrogen and oxygen atoms in total. The molecule has 118 valence electrons. The molecule has 0 aliphatic rings. The van der Waals surface area contributed by atoms with Crippen LogP contribution in [-0.2, 0) is 9.53 Å². The zero-order chi connectivity index (χ0) is 15.9. The Morgan fingerprint density at radius 2 is 2.10 bits per heavy atom. The molecule has 0 aliphatic heterocycles. The van der Waals surface area contributed by atoms with Crippen molar-refractivity contribution < 1.29 is 14.3 Å². The summed E-state index contributed by atoms with van der Waals surface area (Å²) >= 11 is 0. The van der Waals surface area contributed by atoms with Gasteiger partial charge in [-0.15, -0.1) is 0 Å². The molecule has 0 saturated heterocycles. The standard InChI is InChI=1S/C15H25N3O3/c1-5-20-13(19)7-6-10-17-12-9-8-11(16)14(18-12)21-15(2,3)4/h8-9H,5-7,10,16H2,1-4H3,(H,17,18). The van der Waals surface area contributed by atoms with Crippen LogP contribution in [0.2, 0.25) is 0 Å². The maximum absolute atomic E-state index is 11.2. The molecule has 0 radical (unpaired) electrons. The van der Waals surface area contributed by atoms with Gasteiger partial charge < -0.3 is 20.5 Å². The summed E-state index contributed by atoms with van der Waals surface area (Å²) in [4.78, 5) is 15.5. The number of anilines is 2. The van der Waals surface area contributed by atoms with E-state index in [2.05, 4.69) is 10.3 Å². The number of pyridine rings is 1. The van der Waals surface area contributed by atoms with Crippen LogP contribution in [0.3, 0.4) is 0 Å². The minimum absolute atomic E-state index is 0.179. The molecule has 0 fully saturated rings. The molecule has 6 heteroatoms. The first kappa shape index (κ1) is 17.1. The number of rotatable bonds is 7. The van der Waals surface area contributed by atoms with Crippen molar-refractivity contribution in [1.82, 2.24) is 4.98 Å². The molecular formula is C15H25N3O3. The smallest absolute Gasteiger partial charge is 0.305 e. The van der Waals surface area contributed by atoms with Crippen molar-refractivity contribution >= 4 is 17.5 Å². The van der Waals surface area contributed by atoms with E-state index in [0.29, 0.717) is 43.4 Å². The highest BCUT2D eigenvalue weighted by molar-refractivity contribution is 5.69. The van der Waals surface area contributed by atoms with Crippen LogP contribution in [0.25, 0.3) is 0 Å². The summed E-state index contributed by atoms with van der Waals surface area (Å²) in [6.07, 6.45) is 1.07. The Kier molecular flexibility index (Phi) is 6.27. The van der Waals surface area contributed by atoms with Gasteiger partial charge in [0.05, 0.1) is 12.3 Å². The van der Waals surface area contributed by atoms with E-state index in [9.17, 15) is 4.79 Å². The number of nitrogens with zero attached hydrogens (tertiary/aromatic N) is 1. The van der Waals surface area contributed by atoms with Crippen molar-refractivity contribution in [2.24, 2.45) is 0 Å². The van der Waals surface area contributed by atoms with Crippen molar-refractivity contribution in [1.29, 1.82) is 0 Å². The highest BCUT2D eigenvalue weighted by Gasteiger charge is 2.15. The third-order valence-electron chi connectivity index (χ3n) is 2.46. The minimum atomic E-state index is -0.357. The maximum Gasteiger partial charge on any atom is 0.305 e. The van der Waals surface area contributed by atoms with Crippen LogP contribution in [0, 0.1) is 0 Å². The fourth-order valence-electron chi connectivity index (χ4n) is 1.60. The third kappa shape index (κ3) is 6.83. The third-order valence-corrected chi connectivity index (χ3v) is 2.46. The summed E-state index contributed by atoms with van der Waals surface area (Å²) in [5.41, 5.74) is 5.99. The van der Waals surface area contributed by atoms with Gasteiger partial charge in [0.1, 0.15) is 11.4 Å². The van der Waals surface area contributed by atoms with Gasteiger partial charge in [-0.2, -0.15) is 4.98 Å². The summed E-state index contributed by atoms with van der Waals surface area (Å²) in [7, 11) is 0. The lowest BCUT2D eigenvalue weighted by Crippen LogP contribution is -2.24. The largest absolute Gasteiger partial charge is 0.470 e. The van der Waals surface area contributed by atoms with Gasteiger partial charge in [0, 0.05) is 13.0 Å². The first-order valence-electron chi connectivity index (χ1n) is 7.17. The van der Waals surface area contributed by atoms with E-state index in [0.717, 1.165) is 0 Å². The Hall–Kier alpha value is -1.98. The number of ether oxygens (including phenoxy) is 2. The van der Waals surface area contributed by atoms with Gasteiger partial charge in [-0.25, -0.2) is 0 Å². The molecule has 1 heterocycles. The fraction of sp³-hybridized carbons (Fsp3) is 0.600. The lowest BCUT2D eigenvalue weighted by Gasteiger charge is -2.21. The van der Waals surface area contributed by atoms with E-state index >= 15 is 0 Å². The maximum atomic E-state index is 11.2. The van der Waals surface area contributed by atoms with Gasteiger partial charge in [-0.3, -0.25) is 4.79 Å². The molecule has 0 saturated carbocycles. The molecule has 0 amide bonds. The molecule has 21 heavy (non-hydrogen) atoms. The topological polar surface area (TPSA) is 86.5 Å². The van der Waals surface area contributed by atoms with Crippen molar-refractivity contribution in [2.45, 2.75) is 46.1 Å². The zero-order valence-corrected chi connectivity index (χ0v) is 13.2. The quantitative estimate of drug-likeness (QED) is 0.594. The van der Waals surface area contributed by atoms with Crippen molar-refractivity contribution in [3.8, 4) is 5.88 Å².